The molecule has 2 atom stereocenters. The SMILES string of the molecule is CNC(=O)[C@H]1CC[C@H](NC(=O)OC(C)(C)C)C1. The lowest BCUT2D eigenvalue weighted by atomic mass is 10.1. The van der Waals surface area contributed by atoms with Gasteiger partial charge in [-0.3, -0.25) is 4.79 Å². The monoisotopic (exact) mass is 242 g/mol. The highest BCUT2D eigenvalue weighted by atomic mass is 16.6. The summed E-state index contributed by atoms with van der Waals surface area (Å²) in [7, 11) is 1.64. The smallest absolute Gasteiger partial charge is 0.407 e. The molecule has 2 amide bonds. The lowest BCUT2D eigenvalue weighted by Crippen LogP contribution is -2.38. The molecule has 1 aliphatic rings. The maximum atomic E-state index is 11.5. The molecule has 0 unspecified atom stereocenters. The van der Waals surface area contributed by atoms with E-state index in [4.69, 9.17) is 4.74 Å². The number of alkyl carbamates (subject to hydrolysis) is 1. The summed E-state index contributed by atoms with van der Waals surface area (Å²) in [5, 5.41) is 5.44. The highest BCUT2D eigenvalue weighted by molar-refractivity contribution is 5.78. The van der Waals surface area contributed by atoms with Crippen LogP contribution in [0, 0.1) is 5.92 Å². The number of hydrogen-bond donors (Lipinski definition) is 2. The Hall–Kier alpha value is -1.26. The third-order valence-corrected chi connectivity index (χ3v) is 2.77. The van der Waals surface area contributed by atoms with Crippen LogP contribution in [0.25, 0.3) is 0 Å². The van der Waals surface area contributed by atoms with E-state index in [0.29, 0.717) is 6.42 Å². The summed E-state index contributed by atoms with van der Waals surface area (Å²) >= 11 is 0. The first-order chi connectivity index (χ1) is 7.81. The topological polar surface area (TPSA) is 67.4 Å². The van der Waals surface area contributed by atoms with E-state index < -0.39 is 11.7 Å². The number of amides is 2. The molecule has 0 aliphatic heterocycles. The number of rotatable bonds is 2. The van der Waals surface area contributed by atoms with Gasteiger partial charge in [0, 0.05) is 19.0 Å². The number of ether oxygens (including phenoxy) is 1. The van der Waals surface area contributed by atoms with Gasteiger partial charge >= 0.3 is 6.09 Å². The molecular weight excluding hydrogens is 220 g/mol. The van der Waals surface area contributed by atoms with Crippen molar-refractivity contribution in [3.63, 3.8) is 0 Å². The average molecular weight is 242 g/mol. The van der Waals surface area contributed by atoms with Crippen molar-refractivity contribution in [3.05, 3.63) is 0 Å². The van der Waals surface area contributed by atoms with Gasteiger partial charge in [-0.15, -0.1) is 0 Å². The van der Waals surface area contributed by atoms with Crippen LogP contribution < -0.4 is 10.6 Å². The molecule has 1 rings (SSSR count). The Morgan fingerprint density at radius 3 is 2.41 bits per heavy atom. The number of carbonyl (C=O) groups excluding carboxylic acids is 2. The average Bonchev–Trinajstić information content (AvgIpc) is 2.62. The van der Waals surface area contributed by atoms with E-state index in [1.165, 1.54) is 0 Å². The maximum Gasteiger partial charge on any atom is 0.407 e. The third-order valence-electron chi connectivity index (χ3n) is 2.77. The van der Waals surface area contributed by atoms with E-state index in [1.807, 2.05) is 20.8 Å². The first kappa shape index (κ1) is 13.8. The second-order valence-electron chi connectivity index (χ2n) is 5.47. The van der Waals surface area contributed by atoms with E-state index in [1.54, 1.807) is 7.05 Å². The van der Waals surface area contributed by atoms with Gasteiger partial charge in [-0.25, -0.2) is 4.79 Å². The fourth-order valence-corrected chi connectivity index (χ4v) is 2.03. The molecule has 1 aliphatic carbocycles. The van der Waals surface area contributed by atoms with E-state index in [-0.39, 0.29) is 17.9 Å². The van der Waals surface area contributed by atoms with Gasteiger partial charge in [-0.2, -0.15) is 0 Å². The van der Waals surface area contributed by atoms with E-state index in [2.05, 4.69) is 10.6 Å². The van der Waals surface area contributed by atoms with Crippen molar-refractivity contribution < 1.29 is 14.3 Å². The Morgan fingerprint density at radius 1 is 1.24 bits per heavy atom. The predicted molar refractivity (Wildman–Crippen MR) is 64.6 cm³/mol. The molecule has 0 radical (unpaired) electrons. The van der Waals surface area contributed by atoms with E-state index in [0.717, 1.165) is 12.8 Å². The van der Waals surface area contributed by atoms with E-state index >= 15 is 0 Å². The van der Waals surface area contributed by atoms with Gasteiger partial charge < -0.3 is 15.4 Å². The minimum absolute atomic E-state index is 0.0138. The van der Waals surface area contributed by atoms with E-state index in [9.17, 15) is 9.59 Å². The summed E-state index contributed by atoms with van der Waals surface area (Å²) in [4.78, 5) is 22.9. The fraction of sp³-hybridized carbons (Fsp3) is 0.833. The van der Waals surface area contributed by atoms with Gasteiger partial charge in [0.2, 0.25) is 5.91 Å². The zero-order chi connectivity index (χ0) is 13.1. The van der Waals surface area contributed by atoms with Crippen LogP contribution in [0.4, 0.5) is 4.79 Å². The van der Waals surface area contributed by atoms with Crippen LogP contribution >= 0.6 is 0 Å². The number of nitrogens with one attached hydrogen (secondary N) is 2. The summed E-state index contributed by atoms with van der Waals surface area (Å²) in [6, 6.07) is 0.0483. The first-order valence-electron chi connectivity index (χ1n) is 6.03. The molecule has 0 saturated heterocycles. The second kappa shape index (κ2) is 5.38. The Morgan fingerprint density at radius 2 is 1.88 bits per heavy atom. The molecule has 5 nitrogen and oxygen atoms in total. The molecule has 1 fully saturated rings. The summed E-state index contributed by atoms with van der Waals surface area (Å²) in [6.45, 7) is 5.48. The minimum Gasteiger partial charge on any atom is -0.444 e. The molecular formula is C12H22N2O3. The molecule has 0 aromatic carbocycles. The normalized spacial score (nSPS) is 24.2. The zero-order valence-electron chi connectivity index (χ0n) is 11.0. The van der Waals surface area contributed by atoms with Crippen molar-refractivity contribution >= 4 is 12.0 Å². The Kier molecular flexibility index (Phi) is 4.37. The van der Waals surface area contributed by atoms with Crippen LogP contribution in [0.3, 0.4) is 0 Å². The van der Waals surface area contributed by atoms with Gasteiger partial charge in [0.05, 0.1) is 0 Å². The summed E-state index contributed by atoms with van der Waals surface area (Å²) in [5.74, 6) is 0.0680. The molecule has 17 heavy (non-hydrogen) atoms. The summed E-state index contributed by atoms with van der Waals surface area (Å²) < 4.78 is 5.17. The van der Waals surface area contributed by atoms with Crippen molar-refractivity contribution in [1.82, 2.24) is 10.6 Å². The van der Waals surface area contributed by atoms with Crippen LogP contribution in [0.2, 0.25) is 0 Å². The van der Waals surface area contributed by atoms with Gasteiger partial charge in [0.1, 0.15) is 5.60 Å². The maximum absolute atomic E-state index is 11.5. The molecule has 2 N–H and O–H groups in total. The largest absolute Gasteiger partial charge is 0.444 e. The Labute approximate surface area is 102 Å². The van der Waals surface area contributed by atoms with Crippen LogP contribution in [0.15, 0.2) is 0 Å². The lowest BCUT2D eigenvalue weighted by molar-refractivity contribution is -0.124. The molecule has 0 bridgehead atoms. The van der Waals surface area contributed by atoms with Gasteiger partial charge in [0.15, 0.2) is 0 Å². The zero-order valence-corrected chi connectivity index (χ0v) is 11.0. The van der Waals surface area contributed by atoms with Crippen molar-refractivity contribution in [3.8, 4) is 0 Å². The van der Waals surface area contributed by atoms with Crippen LogP contribution in [0.1, 0.15) is 40.0 Å². The van der Waals surface area contributed by atoms with Crippen molar-refractivity contribution in [2.45, 2.75) is 51.7 Å². The molecule has 0 spiro atoms. The summed E-state index contributed by atoms with van der Waals surface area (Å²) in [5.41, 5.74) is -0.483. The quantitative estimate of drug-likeness (QED) is 0.769. The Bertz CT molecular complexity index is 297. The summed E-state index contributed by atoms with van der Waals surface area (Å²) in [6.07, 6.45) is 1.94. The predicted octanol–water partition coefficient (Wildman–Crippen LogP) is 1.43. The van der Waals surface area contributed by atoms with Gasteiger partial charge in [-0.05, 0) is 40.0 Å². The second-order valence-corrected chi connectivity index (χ2v) is 5.47. The van der Waals surface area contributed by atoms with Crippen LogP contribution in [-0.2, 0) is 9.53 Å². The first-order valence-corrected chi connectivity index (χ1v) is 6.03. The molecule has 98 valence electrons. The lowest BCUT2D eigenvalue weighted by Gasteiger charge is -2.21. The van der Waals surface area contributed by atoms with Crippen LogP contribution in [-0.4, -0.2) is 30.7 Å². The third kappa shape index (κ3) is 4.63. The fourth-order valence-electron chi connectivity index (χ4n) is 2.03. The highest BCUT2D eigenvalue weighted by Crippen LogP contribution is 2.25. The van der Waals surface area contributed by atoms with Crippen molar-refractivity contribution in [1.29, 1.82) is 0 Å². The number of carbonyl (C=O) groups is 2. The molecule has 0 aromatic heterocycles. The minimum atomic E-state index is -0.483. The molecule has 1 saturated carbocycles. The highest BCUT2D eigenvalue weighted by Gasteiger charge is 2.31. The van der Waals surface area contributed by atoms with Crippen LogP contribution in [0.5, 0.6) is 0 Å². The molecule has 0 aromatic rings. The Balaban J connectivity index is 2.35. The van der Waals surface area contributed by atoms with Crippen molar-refractivity contribution in [2.75, 3.05) is 7.05 Å². The molecule has 5 heteroatoms. The van der Waals surface area contributed by atoms with Gasteiger partial charge in [0.25, 0.3) is 0 Å². The van der Waals surface area contributed by atoms with Crippen molar-refractivity contribution in [2.24, 2.45) is 5.92 Å². The molecule has 0 heterocycles. The van der Waals surface area contributed by atoms with Gasteiger partial charge in [-0.1, -0.05) is 0 Å². The number of hydrogen-bond acceptors (Lipinski definition) is 3. The standard InChI is InChI=1S/C12H22N2O3/c1-12(2,3)17-11(16)14-9-6-5-8(7-9)10(15)13-4/h8-9H,5-7H2,1-4H3,(H,13,15)(H,14,16)/t8-,9-/m0/s1.